The van der Waals surface area contributed by atoms with Crippen molar-refractivity contribution in [1.29, 1.82) is 0 Å². The zero-order chi connectivity index (χ0) is 9.84. The van der Waals surface area contributed by atoms with Crippen LogP contribution >= 0.6 is 0 Å². The van der Waals surface area contributed by atoms with Gasteiger partial charge in [0, 0.05) is 6.07 Å². The molecule has 0 saturated carbocycles. The number of alkyl halides is 2. The summed E-state index contributed by atoms with van der Waals surface area (Å²) in [6.45, 7) is 1.63. The summed E-state index contributed by atoms with van der Waals surface area (Å²) in [5.41, 5.74) is 0.640. The molecule has 0 unspecified atom stereocenters. The monoisotopic (exact) mass is 190 g/mol. The molecule has 1 N–H and O–H groups in total. The number of nitrogens with one attached hydrogen (secondary N) is 1. The van der Waals surface area contributed by atoms with Crippen molar-refractivity contribution in [3.8, 4) is 0 Å². The number of nitrogens with zero attached hydrogens (tertiary/aromatic N) is 1. The summed E-state index contributed by atoms with van der Waals surface area (Å²) in [7, 11) is 0. The van der Waals surface area contributed by atoms with Crippen LogP contribution in [0.2, 0.25) is 0 Å². The molecule has 0 aromatic carbocycles. The van der Waals surface area contributed by atoms with E-state index in [-0.39, 0.29) is 6.54 Å². The Balaban J connectivity index is 2.39. The maximum Gasteiger partial charge on any atom is 0.315 e. The first-order valence-corrected chi connectivity index (χ1v) is 3.57. The molecule has 1 heterocycles. The fourth-order valence-electron chi connectivity index (χ4n) is 0.751. The van der Waals surface area contributed by atoms with Gasteiger partial charge in [0.05, 0.1) is 12.2 Å². The van der Waals surface area contributed by atoms with Crippen LogP contribution in [-0.2, 0) is 11.3 Å². The predicted octanol–water partition coefficient (Wildman–Crippen LogP) is 0.864. The molecule has 0 bridgehead atoms. The molecule has 1 rings (SSSR count). The minimum atomic E-state index is -3.00. The molecule has 0 radical (unpaired) electrons. The van der Waals surface area contributed by atoms with E-state index in [1.165, 1.54) is 0 Å². The molecular weight excluding hydrogens is 182 g/mol. The van der Waals surface area contributed by atoms with Gasteiger partial charge < -0.3 is 9.84 Å². The number of hydrogen-bond acceptors (Lipinski definition) is 3. The first-order chi connectivity index (χ1) is 6.09. The predicted molar refractivity (Wildman–Crippen MR) is 39.1 cm³/mol. The third-order valence-corrected chi connectivity index (χ3v) is 1.31. The van der Waals surface area contributed by atoms with Gasteiger partial charge in [-0.1, -0.05) is 5.16 Å². The highest BCUT2D eigenvalue weighted by Gasteiger charge is 2.14. The number of carbonyl (C=O) groups excluding carboxylic acids is 1. The lowest BCUT2D eigenvalue weighted by Gasteiger charge is -1.99. The van der Waals surface area contributed by atoms with Crippen molar-refractivity contribution in [3.63, 3.8) is 0 Å². The third kappa shape index (κ3) is 2.81. The average molecular weight is 190 g/mol. The summed E-state index contributed by atoms with van der Waals surface area (Å²) in [5, 5.41) is 5.51. The van der Waals surface area contributed by atoms with Gasteiger partial charge in [-0.05, 0) is 6.92 Å². The van der Waals surface area contributed by atoms with Crippen LogP contribution in [0, 0.1) is 6.92 Å². The van der Waals surface area contributed by atoms with Gasteiger partial charge in [-0.15, -0.1) is 0 Å². The quantitative estimate of drug-likeness (QED) is 0.769. The highest BCUT2D eigenvalue weighted by atomic mass is 19.3. The third-order valence-electron chi connectivity index (χ3n) is 1.31. The number of halogens is 2. The minimum absolute atomic E-state index is 0.0655. The molecule has 1 aromatic rings. The topological polar surface area (TPSA) is 55.1 Å². The average Bonchev–Trinajstić information content (AvgIpc) is 2.47. The molecule has 1 aromatic heterocycles. The van der Waals surface area contributed by atoms with E-state index in [1.54, 1.807) is 13.0 Å². The maximum absolute atomic E-state index is 11.7. The molecule has 72 valence electrons. The zero-order valence-electron chi connectivity index (χ0n) is 6.88. The number of amides is 1. The van der Waals surface area contributed by atoms with Gasteiger partial charge in [-0.3, -0.25) is 4.79 Å². The van der Waals surface area contributed by atoms with Crippen LogP contribution in [-0.4, -0.2) is 17.5 Å². The second-order valence-corrected chi connectivity index (χ2v) is 2.45. The molecule has 0 spiro atoms. The van der Waals surface area contributed by atoms with Crippen LogP contribution in [0.3, 0.4) is 0 Å². The number of hydrogen-bond donors (Lipinski definition) is 1. The van der Waals surface area contributed by atoms with Crippen molar-refractivity contribution in [2.75, 3.05) is 0 Å². The van der Waals surface area contributed by atoms with Crippen LogP contribution in [0.4, 0.5) is 8.78 Å². The van der Waals surface area contributed by atoms with Crippen molar-refractivity contribution in [2.45, 2.75) is 19.9 Å². The van der Waals surface area contributed by atoms with Gasteiger partial charge in [0.2, 0.25) is 0 Å². The Morgan fingerprint density at radius 3 is 2.92 bits per heavy atom. The minimum Gasteiger partial charge on any atom is -0.359 e. The second-order valence-electron chi connectivity index (χ2n) is 2.45. The molecular formula is C7H8F2N2O2. The second kappa shape index (κ2) is 3.97. The zero-order valence-corrected chi connectivity index (χ0v) is 6.88. The SMILES string of the molecule is Cc1cc(CNC(=O)C(F)F)on1. The van der Waals surface area contributed by atoms with Gasteiger partial charge in [-0.25, -0.2) is 0 Å². The first-order valence-electron chi connectivity index (χ1n) is 3.57. The van der Waals surface area contributed by atoms with E-state index in [0.717, 1.165) is 0 Å². The Hall–Kier alpha value is -1.46. The van der Waals surface area contributed by atoms with Crippen molar-refractivity contribution < 1.29 is 18.1 Å². The smallest absolute Gasteiger partial charge is 0.315 e. The number of aromatic nitrogens is 1. The lowest BCUT2D eigenvalue weighted by Crippen LogP contribution is -2.28. The van der Waals surface area contributed by atoms with Gasteiger partial charge in [0.25, 0.3) is 5.91 Å². The van der Waals surface area contributed by atoms with E-state index in [0.29, 0.717) is 11.5 Å². The van der Waals surface area contributed by atoms with E-state index in [2.05, 4.69) is 9.68 Å². The molecule has 0 aliphatic carbocycles. The largest absolute Gasteiger partial charge is 0.359 e. The van der Waals surface area contributed by atoms with Crippen molar-refractivity contribution in [2.24, 2.45) is 0 Å². The molecule has 4 nitrogen and oxygen atoms in total. The summed E-state index contributed by atoms with van der Waals surface area (Å²) in [6.07, 6.45) is -3.00. The molecule has 0 fully saturated rings. The van der Waals surface area contributed by atoms with E-state index in [9.17, 15) is 13.6 Å². The normalized spacial score (nSPS) is 10.5. The van der Waals surface area contributed by atoms with Crippen molar-refractivity contribution >= 4 is 5.91 Å². The lowest BCUT2D eigenvalue weighted by molar-refractivity contribution is -0.132. The van der Waals surface area contributed by atoms with Crippen LogP contribution in [0.5, 0.6) is 0 Å². The summed E-state index contributed by atoms with van der Waals surface area (Å²) in [5.74, 6) is -0.958. The van der Waals surface area contributed by atoms with Crippen LogP contribution in [0.15, 0.2) is 10.6 Å². The number of carbonyl (C=O) groups is 1. The lowest BCUT2D eigenvalue weighted by atomic mass is 10.4. The molecule has 0 saturated heterocycles. The van der Waals surface area contributed by atoms with E-state index in [1.807, 2.05) is 5.32 Å². The Kier molecular flexibility index (Phi) is 2.94. The summed E-state index contributed by atoms with van der Waals surface area (Å²) in [6, 6.07) is 1.56. The van der Waals surface area contributed by atoms with Crippen molar-refractivity contribution in [1.82, 2.24) is 10.5 Å². The fraction of sp³-hybridized carbons (Fsp3) is 0.429. The Labute approximate surface area is 72.9 Å². The van der Waals surface area contributed by atoms with Crippen LogP contribution in [0.25, 0.3) is 0 Å². The molecule has 0 aliphatic rings. The fourth-order valence-corrected chi connectivity index (χ4v) is 0.751. The van der Waals surface area contributed by atoms with Crippen LogP contribution < -0.4 is 5.32 Å². The summed E-state index contributed by atoms with van der Waals surface area (Å²) < 4.78 is 28.0. The number of aryl methyl sites for hydroxylation is 1. The summed E-state index contributed by atoms with van der Waals surface area (Å²) >= 11 is 0. The molecule has 0 aliphatic heterocycles. The van der Waals surface area contributed by atoms with Gasteiger partial charge >= 0.3 is 6.43 Å². The molecule has 1 amide bonds. The highest BCUT2D eigenvalue weighted by Crippen LogP contribution is 2.01. The Bertz CT molecular complexity index is 298. The van der Waals surface area contributed by atoms with E-state index in [4.69, 9.17) is 0 Å². The van der Waals surface area contributed by atoms with Gasteiger partial charge in [-0.2, -0.15) is 8.78 Å². The first kappa shape index (κ1) is 9.63. The Morgan fingerprint density at radius 2 is 2.46 bits per heavy atom. The molecule has 0 atom stereocenters. The highest BCUT2D eigenvalue weighted by molar-refractivity contribution is 5.78. The van der Waals surface area contributed by atoms with Gasteiger partial charge in [0.15, 0.2) is 5.76 Å². The maximum atomic E-state index is 11.7. The van der Waals surface area contributed by atoms with Gasteiger partial charge in [0.1, 0.15) is 0 Å². The number of rotatable bonds is 3. The van der Waals surface area contributed by atoms with E-state index < -0.39 is 12.3 Å². The standard InChI is InChI=1S/C7H8F2N2O2/c1-4-2-5(13-11-4)3-10-7(12)6(8)9/h2,6H,3H2,1H3,(H,10,12). The van der Waals surface area contributed by atoms with Crippen LogP contribution in [0.1, 0.15) is 11.5 Å². The summed E-state index contributed by atoms with van der Waals surface area (Å²) in [4.78, 5) is 10.4. The molecule has 13 heavy (non-hydrogen) atoms. The Morgan fingerprint density at radius 1 is 1.77 bits per heavy atom. The molecule has 6 heteroatoms. The van der Waals surface area contributed by atoms with E-state index >= 15 is 0 Å². The van der Waals surface area contributed by atoms with Crippen molar-refractivity contribution in [3.05, 3.63) is 17.5 Å².